The summed E-state index contributed by atoms with van der Waals surface area (Å²) in [6.45, 7) is 7.20. The topological polar surface area (TPSA) is 94.3 Å². The Morgan fingerprint density at radius 1 is 1.21 bits per heavy atom. The van der Waals surface area contributed by atoms with E-state index in [-0.39, 0.29) is 12.6 Å². The van der Waals surface area contributed by atoms with Gasteiger partial charge in [-0.05, 0) is 39.0 Å². The van der Waals surface area contributed by atoms with Crippen LogP contribution in [0.4, 0.5) is 0 Å². The van der Waals surface area contributed by atoms with Gasteiger partial charge >= 0.3 is 5.97 Å². The fourth-order valence-corrected chi connectivity index (χ4v) is 2.65. The molecule has 1 heterocycles. The maximum absolute atomic E-state index is 11.7. The van der Waals surface area contributed by atoms with Gasteiger partial charge < -0.3 is 29.3 Å². The zero-order valence-corrected chi connectivity index (χ0v) is 17.6. The quantitative estimate of drug-likeness (QED) is 0.378. The molecular formula is C21H29N3O5. The number of para-hydroxylation sites is 2. The van der Waals surface area contributed by atoms with Gasteiger partial charge in [-0.1, -0.05) is 12.1 Å². The number of furan rings is 1. The van der Waals surface area contributed by atoms with Crippen LogP contribution in [0.3, 0.4) is 0 Å². The highest BCUT2D eigenvalue weighted by molar-refractivity contribution is 5.90. The minimum absolute atomic E-state index is 0.119. The third-order valence-electron chi connectivity index (χ3n) is 4.07. The summed E-state index contributed by atoms with van der Waals surface area (Å²) in [6, 6.07) is 9.17. The van der Waals surface area contributed by atoms with Crippen molar-refractivity contribution in [1.82, 2.24) is 10.6 Å². The lowest BCUT2D eigenvalue weighted by Gasteiger charge is -2.18. The molecule has 0 spiro atoms. The lowest BCUT2D eigenvalue weighted by atomic mass is 10.2. The molecule has 29 heavy (non-hydrogen) atoms. The van der Waals surface area contributed by atoms with Crippen molar-refractivity contribution in [2.75, 3.05) is 27.3 Å². The molecule has 2 N–H and O–H groups in total. The summed E-state index contributed by atoms with van der Waals surface area (Å²) in [6.07, 6.45) is -0.119. The Labute approximate surface area is 171 Å². The second-order valence-electron chi connectivity index (χ2n) is 6.33. The molecule has 1 unspecified atom stereocenters. The number of aliphatic imine (C=N–C) groups is 1. The molecule has 0 amide bonds. The number of guanidine groups is 1. The summed E-state index contributed by atoms with van der Waals surface area (Å²) < 4.78 is 21.6. The van der Waals surface area contributed by atoms with Crippen molar-refractivity contribution in [3.63, 3.8) is 0 Å². The Morgan fingerprint density at radius 3 is 2.59 bits per heavy atom. The van der Waals surface area contributed by atoms with Crippen LogP contribution in [-0.2, 0) is 11.3 Å². The smallest absolute Gasteiger partial charge is 0.341 e. The van der Waals surface area contributed by atoms with Crippen molar-refractivity contribution >= 4 is 11.9 Å². The Hall–Kier alpha value is -3.16. The minimum atomic E-state index is -0.422. The number of hydrogen-bond acceptors (Lipinski definition) is 6. The molecule has 0 saturated carbocycles. The predicted molar refractivity (Wildman–Crippen MR) is 111 cm³/mol. The van der Waals surface area contributed by atoms with E-state index in [1.165, 1.54) is 7.11 Å². The maximum atomic E-state index is 11.7. The highest BCUT2D eigenvalue weighted by atomic mass is 16.5. The zero-order chi connectivity index (χ0) is 21.2. The van der Waals surface area contributed by atoms with E-state index in [1.807, 2.05) is 38.1 Å². The molecule has 1 aromatic heterocycles. The van der Waals surface area contributed by atoms with Crippen LogP contribution in [0, 0.1) is 6.92 Å². The fraction of sp³-hybridized carbons (Fsp3) is 0.429. The number of nitrogens with one attached hydrogen (secondary N) is 2. The Bertz CT molecular complexity index is 831. The molecule has 0 radical (unpaired) electrons. The van der Waals surface area contributed by atoms with Crippen LogP contribution in [0.2, 0.25) is 0 Å². The number of hydrogen-bond donors (Lipinski definition) is 2. The largest absolute Gasteiger partial charge is 0.493 e. The van der Waals surface area contributed by atoms with Crippen LogP contribution >= 0.6 is 0 Å². The molecule has 8 nitrogen and oxygen atoms in total. The van der Waals surface area contributed by atoms with Gasteiger partial charge in [-0.15, -0.1) is 0 Å². The third-order valence-corrected chi connectivity index (χ3v) is 4.07. The van der Waals surface area contributed by atoms with E-state index in [9.17, 15) is 4.79 Å². The number of carbonyl (C=O) groups excluding carboxylic acids is 1. The molecule has 1 aromatic carbocycles. The zero-order valence-electron chi connectivity index (χ0n) is 17.6. The number of methoxy groups -OCH3 is 2. The number of aryl methyl sites for hydroxylation is 1. The SMILES string of the molecule is CCNC(=NCc1cc(C(=O)OC)c(C)o1)NCC(C)Oc1ccccc1OC. The number of nitrogens with zero attached hydrogens (tertiary/aromatic N) is 1. The molecule has 158 valence electrons. The first-order valence-electron chi connectivity index (χ1n) is 9.47. The first-order valence-corrected chi connectivity index (χ1v) is 9.47. The van der Waals surface area contributed by atoms with Crippen molar-refractivity contribution in [1.29, 1.82) is 0 Å². The Morgan fingerprint density at radius 2 is 1.93 bits per heavy atom. The molecule has 0 aliphatic rings. The monoisotopic (exact) mass is 403 g/mol. The van der Waals surface area contributed by atoms with Crippen molar-refractivity contribution in [3.8, 4) is 11.5 Å². The molecule has 0 fully saturated rings. The van der Waals surface area contributed by atoms with E-state index in [4.69, 9.17) is 18.6 Å². The number of ether oxygens (including phenoxy) is 3. The predicted octanol–water partition coefficient (Wildman–Crippen LogP) is 2.91. The first kappa shape index (κ1) is 22.1. The van der Waals surface area contributed by atoms with Crippen LogP contribution in [0.25, 0.3) is 0 Å². The molecule has 0 bridgehead atoms. The number of benzene rings is 1. The lowest BCUT2D eigenvalue weighted by Crippen LogP contribution is -2.41. The maximum Gasteiger partial charge on any atom is 0.341 e. The molecule has 1 atom stereocenters. The molecular weight excluding hydrogens is 374 g/mol. The van der Waals surface area contributed by atoms with E-state index in [0.29, 0.717) is 47.6 Å². The summed E-state index contributed by atoms with van der Waals surface area (Å²) in [4.78, 5) is 16.2. The summed E-state index contributed by atoms with van der Waals surface area (Å²) in [5, 5.41) is 6.42. The van der Waals surface area contributed by atoms with Crippen LogP contribution in [0.15, 0.2) is 39.7 Å². The van der Waals surface area contributed by atoms with Crippen LogP contribution in [0.5, 0.6) is 11.5 Å². The van der Waals surface area contributed by atoms with Gasteiger partial charge in [-0.3, -0.25) is 0 Å². The standard InChI is InChI=1S/C21H29N3O5/c1-6-22-21(24-13-16-11-17(15(3)29-16)20(25)27-5)23-12-14(2)28-19-10-8-7-9-18(19)26-4/h7-11,14H,6,12-13H2,1-5H3,(H2,22,23,24). The first-order chi connectivity index (χ1) is 14.0. The van der Waals surface area contributed by atoms with E-state index >= 15 is 0 Å². The van der Waals surface area contributed by atoms with Crippen molar-refractivity contribution < 1.29 is 23.4 Å². The average Bonchev–Trinajstić information content (AvgIpc) is 3.10. The normalized spacial score (nSPS) is 12.2. The summed E-state index contributed by atoms with van der Waals surface area (Å²) in [5.41, 5.74) is 0.412. The van der Waals surface area contributed by atoms with Crippen molar-refractivity contribution in [3.05, 3.63) is 47.4 Å². The van der Waals surface area contributed by atoms with E-state index < -0.39 is 5.97 Å². The second kappa shape index (κ2) is 11.0. The molecule has 0 saturated heterocycles. The van der Waals surface area contributed by atoms with Gasteiger partial charge in [0.1, 0.15) is 29.7 Å². The minimum Gasteiger partial charge on any atom is -0.493 e. The summed E-state index contributed by atoms with van der Waals surface area (Å²) >= 11 is 0. The highest BCUT2D eigenvalue weighted by Crippen LogP contribution is 2.26. The van der Waals surface area contributed by atoms with Crippen LogP contribution < -0.4 is 20.1 Å². The summed E-state index contributed by atoms with van der Waals surface area (Å²) in [5.74, 6) is 2.67. The molecule has 8 heteroatoms. The highest BCUT2D eigenvalue weighted by Gasteiger charge is 2.15. The van der Waals surface area contributed by atoms with Gasteiger partial charge in [0.15, 0.2) is 17.5 Å². The fourth-order valence-electron chi connectivity index (χ4n) is 2.65. The van der Waals surface area contributed by atoms with Crippen LogP contribution in [0.1, 0.15) is 35.7 Å². The lowest BCUT2D eigenvalue weighted by molar-refractivity contribution is 0.0599. The third kappa shape index (κ3) is 6.44. The van der Waals surface area contributed by atoms with E-state index in [2.05, 4.69) is 15.6 Å². The van der Waals surface area contributed by atoms with Crippen molar-refractivity contribution in [2.24, 2.45) is 4.99 Å². The van der Waals surface area contributed by atoms with Gasteiger partial charge in [-0.2, -0.15) is 0 Å². The van der Waals surface area contributed by atoms with Crippen molar-refractivity contribution in [2.45, 2.75) is 33.4 Å². The molecule has 0 aliphatic carbocycles. The molecule has 2 rings (SSSR count). The van der Waals surface area contributed by atoms with E-state index in [1.54, 1.807) is 20.1 Å². The van der Waals surface area contributed by atoms with Gasteiger partial charge in [0.05, 0.1) is 20.8 Å². The Kier molecular flexibility index (Phi) is 8.39. The number of carbonyl (C=O) groups is 1. The average molecular weight is 403 g/mol. The number of esters is 1. The summed E-state index contributed by atoms with van der Waals surface area (Å²) in [7, 11) is 2.96. The van der Waals surface area contributed by atoms with Crippen LogP contribution in [-0.4, -0.2) is 45.3 Å². The van der Waals surface area contributed by atoms with Gasteiger partial charge in [0.25, 0.3) is 0 Å². The van der Waals surface area contributed by atoms with Gasteiger partial charge in [0, 0.05) is 6.54 Å². The molecule has 0 aliphatic heterocycles. The second-order valence-corrected chi connectivity index (χ2v) is 6.33. The Balaban J connectivity index is 1.96. The van der Waals surface area contributed by atoms with E-state index in [0.717, 1.165) is 0 Å². The van der Waals surface area contributed by atoms with Gasteiger partial charge in [0.2, 0.25) is 0 Å². The van der Waals surface area contributed by atoms with Gasteiger partial charge in [-0.25, -0.2) is 9.79 Å². The molecule has 2 aromatic rings. The number of rotatable bonds is 9.